The van der Waals surface area contributed by atoms with Gasteiger partial charge in [-0.05, 0) is 55.0 Å². The van der Waals surface area contributed by atoms with Gasteiger partial charge in [-0.2, -0.15) is 4.31 Å². The zero-order chi connectivity index (χ0) is 23.4. The minimum absolute atomic E-state index is 0.0951. The third-order valence-corrected chi connectivity index (χ3v) is 7.71. The van der Waals surface area contributed by atoms with Crippen LogP contribution in [-0.2, 0) is 10.0 Å². The summed E-state index contributed by atoms with van der Waals surface area (Å²) in [6.45, 7) is 3.50. The van der Waals surface area contributed by atoms with Crippen molar-refractivity contribution < 1.29 is 17.6 Å². The van der Waals surface area contributed by atoms with Crippen molar-refractivity contribution in [2.45, 2.75) is 17.9 Å². The lowest BCUT2D eigenvalue weighted by Gasteiger charge is -2.35. The summed E-state index contributed by atoms with van der Waals surface area (Å²) >= 11 is 0. The van der Waals surface area contributed by atoms with E-state index in [-0.39, 0.29) is 22.7 Å². The Balaban J connectivity index is 1.44. The van der Waals surface area contributed by atoms with Gasteiger partial charge in [0.05, 0.1) is 10.9 Å². The number of carbonyl (C=O) groups excluding carboxylic acids is 1. The first-order valence-electron chi connectivity index (χ1n) is 10.8. The molecule has 4 rings (SSSR count). The largest absolute Gasteiger partial charge is 0.369 e. The van der Waals surface area contributed by atoms with Crippen LogP contribution < -0.4 is 10.2 Å². The normalized spacial score (nSPS) is 15.8. The van der Waals surface area contributed by atoms with E-state index >= 15 is 0 Å². The lowest BCUT2D eigenvalue weighted by atomic mass is 10.1. The van der Waals surface area contributed by atoms with E-state index in [9.17, 15) is 17.6 Å². The highest BCUT2D eigenvalue weighted by molar-refractivity contribution is 7.89. The van der Waals surface area contributed by atoms with E-state index in [1.54, 1.807) is 24.3 Å². The fraction of sp³-hybridized carbons (Fsp3) is 0.240. The van der Waals surface area contributed by atoms with Crippen molar-refractivity contribution in [2.75, 3.05) is 31.1 Å². The summed E-state index contributed by atoms with van der Waals surface area (Å²) in [6, 6.07) is 21.7. The molecule has 1 aliphatic rings. The number of amides is 1. The van der Waals surface area contributed by atoms with Gasteiger partial charge in [-0.3, -0.25) is 4.79 Å². The van der Waals surface area contributed by atoms with Crippen LogP contribution in [0.25, 0.3) is 0 Å². The Morgan fingerprint density at radius 2 is 1.58 bits per heavy atom. The van der Waals surface area contributed by atoms with E-state index in [1.165, 1.54) is 28.6 Å². The molecule has 6 nitrogen and oxygen atoms in total. The average Bonchev–Trinajstić information content (AvgIpc) is 2.85. The Hall–Kier alpha value is -3.23. The second-order valence-corrected chi connectivity index (χ2v) is 9.94. The highest BCUT2D eigenvalue weighted by Gasteiger charge is 2.29. The first-order chi connectivity index (χ1) is 15.8. The first-order valence-corrected chi connectivity index (χ1v) is 12.2. The van der Waals surface area contributed by atoms with Gasteiger partial charge in [0.25, 0.3) is 5.91 Å². The van der Waals surface area contributed by atoms with Crippen molar-refractivity contribution in [1.82, 2.24) is 9.62 Å². The number of anilines is 1. The lowest BCUT2D eigenvalue weighted by Crippen LogP contribution is -2.48. The molecule has 0 aromatic heterocycles. The topological polar surface area (TPSA) is 69.7 Å². The maximum absolute atomic E-state index is 13.2. The van der Waals surface area contributed by atoms with Crippen molar-refractivity contribution in [3.8, 4) is 0 Å². The molecule has 33 heavy (non-hydrogen) atoms. The van der Waals surface area contributed by atoms with Gasteiger partial charge in [0.2, 0.25) is 10.0 Å². The van der Waals surface area contributed by atoms with Crippen LogP contribution in [0.1, 0.15) is 28.9 Å². The fourth-order valence-corrected chi connectivity index (χ4v) is 5.36. The fourth-order valence-electron chi connectivity index (χ4n) is 3.89. The molecule has 0 unspecified atom stereocenters. The van der Waals surface area contributed by atoms with Crippen LogP contribution in [0.5, 0.6) is 0 Å². The molecule has 1 atom stereocenters. The smallest absolute Gasteiger partial charge is 0.251 e. The number of hydrogen-bond acceptors (Lipinski definition) is 4. The molecule has 1 aliphatic heterocycles. The summed E-state index contributed by atoms with van der Waals surface area (Å²) in [6.07, 6.45) is 0. The molecule has 8 heteroatoms. The van der Waals surface area contributed by atoms with Gasteiger partial charge in [-0.1, -0.05) is 36.4 Å². The van der Waals surface area contributed by atoms with Crippen LogP contribution >= 0.6 is 0 Å². The van der Waals surface area contributed by atoms with Gasteiger partial charge in [0.1, 0.15) is 5.82 Å². The molecule has 1 saturated heterocycles. The van der Waals surface area contributed by atoms with Gasteiger partial charge >= 0.3 is 0 Å². The third-order valence-electron chi connectivity index (χ3n) is 5.81. The van der Waals surface area contributed by atoms with E-state index < -0.39 is 10.0 Å². The summed E-state index contributed by atoms with van der Waals surface area (Å²) in [7, 11) is -3.74. The van der Waals surface area contributed by atoms with Gasteiger partial charge in [0, 0.05) is 37.4 Å². The van der Waals surface area contributed by atoms with E-state index in [0.717, 1.165) is 11.3 Å². The van der Waals surface area contributed by atoms with Crippen molar-refractivity contribution in [2.24, 2.45) is 0 Å². The van der Waals surface area contributed by atoms with Gasteiger partial charge in [-0.15, -0.1) is 0 Å². The minimum Gasteiger partial charge on any atom is -0.369 e. The number of hydrogen-bond donors (Lipinski definition) is 1. The Labute approximate surface area is 193 Å². The number of nitrogens with one attached hydrogen (secondary N) is 1. The zero-order valence-electron chi connectivity index (χ0n) is 18.3. The molecule has 1 heterocycles. The number of carbonyl (C=O) groups is 1. The molecular formula is C25H26FN3O3S. The number of nitrogens with zero attached hydrogens (tertiary/aromatic N) is 2. The molecule has 0 spiro atoms. The molecule has 0 radical (unpaired) electrons. The van der Waals surface area contributed by atoms with Crippen LogP contribution in [0, 0.1) is 5.82 Å². The number of piperazine rings is 1. The monoisotopic (exact) mass is 467 g/mol. The zero-order valence-corrected chi connectivity index (χ0v) is 19.1. The number of halogens is 1. The number of sulfonamides is 1. The molecule has 172 valence electrons. The Morgan fingerprint density at radius 1 is 0.909 bits per heavy atom. The number of rotatable bonds is 6. The second kappa shape index (κ2) is 9.72. The minimum atomic E-state index is -3.74. The highest BCUT2D eigenvalue weighted by Crippen LogP contribution is 2.22. The van der Waals surface area contributed by atoms with Crippen LogP contribution in [0.3, 0.4) is 0 Å². The van der Waals surface area contributed by atoms with Gasteiger partial charge in [0.15, 0.2) is 0 Å². The van der Waals surface area contributed by atoms with Gasteiger partial charge in [-0.25, -0.2) is 12.8 Å². The molecule has 0 aliphatic carbocycles. The summed E-state index contributed by atoms with van der Waals surface area (Å²) in [4.78, 5) is 14.9. The van der Waals surface area contributed by atoms with Crippen LogP contribution in [0.4, 0.5) is 10.1 Å². The van der Waals surface area contributed by atoms with Gasteiger partial charge < -0.3 is 10.2 Å². The summed E-state index contributed by atoms with van der Waals surface area (Å²) in [5.41, 5.74) is 2.12. The maximum Gasteiger partial charge on any atom is 0.251 e. The molecule has 0 saturated carbocycles. The Kier molecular flexibility index (Phi) is 6.76. The Morgan fingerprint density at radius 3 is 2.24 bits per heavy atom. The third kappa shape index (κ3) is 5.23. The molecule has 1 amide bonds. The van der Waals surface area contributed by atoms with Crippen LogP contribution in [0.2, 0.25) is 0 Å². The molecular weight excluding hydrogens is 441 g/mol. The maximum atomic E-state index is 13.2. The van der Waals surface area contributed by atoms with E-state index in [1.807, 2.05) is 42.2 Å². The van der Waals surface area contributed by atoms with E-state index in [0.29, 0.717) is 31.7 Å². The van der Waals surface area contributed by atoms with Crippen molar-refractivity contribution >= 4 is 21.6 Å². The average molecular weight is 468 g/mol. The lowest BCUT2D eigenvalue weighted by molar-refractivity contribution is 0.0939. The molecule has 3 aromatic carbocycles. The van der Waals surface area contributed by atoms with Crippen molar-refractivity contribution in [1.29, 1.82) is 0 Å². The predicted molar refractivity (Wildman–Crippen MR) is 126 cm³/mol. The van der Waals surface area contributed by atoms with Crippen LogP contribution in [-0.4, -0.2) is 44.8 Å². The summed E-state index contributed by atoms with van der Waals surface area (Å²) in [5, 5.41) is 2.92. The molecule has 1 N–H and O–H groups in total. The highest BCUT2D eigenvalue weighted by atomic mass is 32.2. The molecule has 1 fully saturated rings. The number of benzene rings is 3. The van der Waals surface area contributed by atoms with Crippen LogP contribution in [0.15, 0.2) is 83.8 Å². The quantitative estimate of drug-likeness (QED) is 0.598. The standard InChI is InChI=1S/C25H26FN3O3S/c1-19(20-6-3-2-4-7-20)27-25(30)21-8-5-9-24(18-21)33(31,32)29-16-14-28(15-17-29)23-12-10-22(26)11-13-23/h2-13,18-19H,14-17H2,1H3,(H,27,30)/t19-/m1/s1. The summed E-state index contributed by atoms with van der Waals surface area (Å²) in [5.74, 6) is -0.633. The predicted octanol–water partition coefficient (Wildman–Crippen LogP) is 3.83. The van der Waals surface area contributed by atoms with E-state index in [2.05, 4.69) is 5.32 Å². The SMILES string of the molecule is C[C@@H](NC(=O)c1cccc(S(=O)(=O)N2CCN(c3ccc(F)cc3)CC2)c1)c1ccccc1. The molecule has 0 bridgehead atoms. The second-order valence-electron chi connectivity index (χ2n) is 8.00. The Bertz CT molecular complexity index is 1210. The summed E-state index contributed by atoms with van der Waals surface area (Å²) < 4.78 is 41.0. The first kappa shape index (κ1) is 22.9. The van der Waals surface area contributed by atoms with Crippen molar-refractivity contribution in [3.05, 3.63) is 95.8 Å². The van der Waals surface area contributed by atoms with E-state index in [4.69, 9.17) is 0 Å². The molecule has 3 aromatic rings. The van der Waals surface area contributed by atoms with Crippen molar-refractivity contribution in [3.63, 3.8) is 0 Å².